The number of rotatable bonds is 6. The van der Waals surface area contributed by atoms with E-state index in [0.29, 0.717) is 18.5 Å². The molecule has 1 aromatic carbocycles. The molecule has 1 unspecified atom stereocenters. The second kappa shape index (κ2) is 7.43. The fraction of sp³-hybridized carbons (Fsp3) is 0.381. The van der Waals surface area contributed by atoms with Crippen LogP contribution in [0, 0.1) is 13.8 Å². The number of nitrogens with zero attached hydrogens (tertiary/aromatic N) is 3. The summed E-state index contributed by atoms with van der Waals surface area (Å²) in [6.45, 7) is 7.89. The molecular weight excluding hydrogens is 406 g/mol. The Labute approximate surface area is 167 Å². The lowest BCUT2D eigenvalue weighted by atomic mass is 9.72. The Hall–Kier alpha value is -2.21. The Morgan fingerprint density at radius 3 is 2.44 bits per heavy atom. The van der Waals surface area contributed by atoms with Crippen molar-refractivity contribution in [1.29, 1.82) is 0 Å². The summed E-state index contributed by atoms with van der Waals surface area (Å²) in [4.78, 5) is 17.2. The molecule has 142 valence electrons. The predicted molar refractivity (Wildman–Crippen MR) is 110 cm³/mol. The first kappa shape index (κ1) is 19.5. The van der Waals surface area contributed by atoms with Gasteiger partial charge in [-0.05, 0) is 42.6 Å². The number of hydrogen-bond donors (Lipinski definition) is 1. The van der Waals surface area contributed by atoms with Crippen molar-refractivity contribution in [2.24, 2.45) is 0 Å². The number of aromatic nitrogens is 3. The lowest BCUT2D eigenvalue weighted by Crippen LogP contribution is -2.37. The number of aryl methyl sites for hydroxylation is 2. The lowest BCUT2D eigenvalue weighted by molar-refractivity contribution is -0.144. The van der Waals surface area contributed by atoms with Gasteiger partial charge in [0, 0.05) is 16.8 Å². The summed E-state index contributed by atoms with van der Waals surface area (Å²) in [6, 6.07) is 8.12. The Balaban J connectivity index is 2.48. The fourth-order valence-corrected chi connectivity index (χ4v) is 4.25. The van der Waals surface area contributed by atoms with E-state index in [0.717, 1.165) is 39.0 Å². The van der Waals surface area contributed by atoms with Crippen LogP contribution in [-0.2, 0) is 10.2 Å². The number of carboxylic acids is 1. The monoisotopic (exact) mass is 429 g/mol. The van der Waals surface area contributed by atoms with E-state index in [9.17, 15) is 9.90 Å². The molecule has 2 aromatic heterocycles. The zero-order chi connectivity index (χ0) is 19.8. The maximum atomic E-state index is 12.5. The SMILES string of the molecule is CCCC(CC)(C(=O)O)c1c(C)nc2c(Br)cnn2c1-c1ccc(C)cc1. The second-order valence-electron chi connectivity index (χ2n) is 7.01. The van der Waals surface area contributed by atoms with Gasteiger partial charge in [-0.3, -0.25) is 4.79 Å². The zero-order valence-electron chi connectivity index (χ0n) is 16.1. The number of carbonyl (C=O) groups is 1. The highest BCUT2D eigenvalue weighted by molar-refractivity contribution is 9.10. The maximum absolute atomic E-state index is 12.5. The first-order chi connectivity index (χ1) is 12.9. The van der Waals surface area contributed by atoms with Gasteiger partial charge in [0.15, 0.2) is 5.65 Å². The van der Waals surface area contributed by atoms with E-state index >= 15 is 0 Å². The molecule has 3 rings (SSSR count). The zero-order valence-corrected chi connectivity index (χ0v) is 17.7. The van der Waals surface area contributed by atoms with Crippen LogP contribution in [0.5, 0.6) is 0 Å². The molecule has 0 bridgehead atoms. The number of hydrogen-bond acceptors (Lipinski definition) is 3. The van der Waals surface area contributed by atoms with Crippen molar-refractivity contribution in [2.75, 3.05) is 0 Å². The van der Waals surface area contributed by atoms with Gasteiger partial charge in [-0.25, -0.2) is 9.50 Å². The molecule has 2 heterocycles. The molecule has 0 fully saturated rings. The van der Waals surface area contributed by atoms with E-state index in [2.05, 4.69) is 21.0 Å². The average Bonchev–Trinajstić information content (AvgIpc) is 3.00. The smallest absolute Gasteiger partial charge is 0.314 e. The van der Waals surface area contributed by atoms with E-state index in [1.807, 2.05) is 52.0 Å². The van der Waals surface area contributed by atoms with Crippen molar-refractivity contribution in [2.45, 2.75) is 52.4 Å². The van der Waals surface area contributed by atoms with Gasteiger partial charge in [0.25, 0.3) is 0 Å². The van der Waals surface area contributed by atoms with E-state index in [1.54, 1.807) is 10.7 Å². The molecule has 6 heteroatoms. The molecule has 0 aliphatic carbocycles. The van der Waals surface area contributed by atoms with Crippen LogP contribution in [0.25, 0.3) is 16.9 Å². The Bertz CT molecular complexity index is 995. The van der Waals surface area contributed by atoms with Gasteiger partial charge in [0.2, 0.25) is 0 Å². The summed E-state index contributed by atoms with van der Waals surface area (Å²) in [7, 11) is 0. The van der Waals surface area contributed by atoms with Crippen LogP contribution in [0.15, 0.2) is 34.9 Å². The molecule has 0 saturated carbocycles. The van der Waals surface area contributed by atoms with E-state index in [4.69, 9.17) is 4.98 Å². The Morgan fingerprint density at radius 2 is 1.89 bits per heavy atom. The van der Waals surface area contributed by atoms with Crippen LogP contribution >= 0.6 is 15.9 Å². The Kier molecular flexibility index (Phi) is 5.38. The number of aliphatic carboxylic acids is 1. The van der Waals surface area contributed by atoms with E-state index < -0.39 is 11.4 Å². The number of carboxylic acid groups (broad SMARTS) is 1. The number of halogens is 1. The minimum Gasteiger partial charge on any atom is -0.481 e. The average molecular weight is 430 g/mol. The van der Waals surface area contributed by atoms with Gasteiger partial charge in [-0.1, -0.05) is 50.1 Å². The molecule has 5 nitrogen and oxygen atoms in total. The van der Waals surface area contributed by atoms with Crippen molar-refractivity contribution in [3.8, 4) is 11.3 Å². The van der Waals surface area contributed by atoms with E-state index in [-0.39, 0.29) is 0 Å². The van der Waals surface area contributed by atoms with Crippen LogP contribution in [0.1, 0.15) is 49.9 Å². The highest BCUT2D eigenvalue weighted by Crippen LogP contribution is 2.42. The van der Waals surface area contributed by atoms with Crippen molar-refractivity contribution < 1.29 is 9.90 Å². The molecular formula is C21H24BrN3O2. The molecule has 3 aromatic rings. The van der Waals surface area contributed by atoms with Crippen molar-refractivity contribution in [3.63, 3.8) is 0 Å². The standard InChI is InChI=1S/C21H24BrN3O2/c1-5-11-21(6-2,20(26)27)17-14(4)24-19-16(22)12-23-25(19)18(17)15-9-7-13(3)8-10-15/h7-10,12H,5-6,11H2,1-4H3,(H,26,27). The predicted octanol–water partition coefficient (Wildman–Crippen LogP) is 5.31. The molecule has 1 atom stereocenters. The third-order valence-electron chi connectivity index (χ3n) is 5.28. The van der Waals surface area contributed by atoms with Gasteiger partial charge in [0.05, 0.1) is 21.8 Å². The third-order valence-corrected chi connectivity index (χ3v) is 5.84. The quantitative estimate of drug-likeness (QED) is 0.576. The minimum atomic E-state index is -1.00. The second-order valence-corrected chi connectivity index (χ2v) is 7.86. The van der Waals surface area contributed by atoms with Crippen molar-refractivity contribution >= 4 is 27.5 Å². The van der Waals surface area contributed by atoms with Crippen LogP contribution in [0.4, 0.5) is 0 Å². The number of fused-ring (bicyclic) bond motifs is 1. The van der Waals surface area contributed by atoms with Crippen LogP contribution in [0.2, 0.25) is 0 Å². The molecule has 27 heavy (non-hydrogen) atoms. The summed E-state index contributed by atoms with van der Waals surface area (Å²) >= 11 is 3.51. The lowest BCUT2D eigenvalue weighted by Gasteiger charge is -2.32. The highest BCUT2D eigenvalue weighted by Gasteiger charge is 2.42. The first-order valence-electron chi connectivity index (χ1n) is 9.20. The molecule has 0 saturated heterocycles. The first-order valence-corrected chi connectivity index (χ1v) is 9.99. The summed E-state index contributed by atoms with van der Waals surface area (Å²) in [5.41, 5.74) is 4.08. The third kappa shape index (κ3) is 3.16. The number of benzene rings is 1. The summed E-state index contributed by atoms with van der Waals surface area (Å²) < 4.78 is 2.55. The fourth-order valence-electron chi connectivity index (χ4n) is 3.90. The van der Waals surface area contributed by atoms with Gasteiger partial charge < -0.3 is 5.11 Å². The highest BCUT2D eigenvalue weighted by atomic mass is 79.9. The van der Waals surface area contributed by atoms with Crippen molar-refractivity contribution in [1.82, 2.24) is 14.6 Å². The molecule has 0 radical (unpaired) electrons. The van der Waals surface area contributed by atoms with Crippen molar-refractivity contribution in [3.05, 3.63) is 51.8 Å². The van der Waals surface area contributed by atoms with Crippen LogP contribution in [-0.4, -0.2) is 25.7 Å². The van der Waals surface area contributed by atoms with Crippen LogP contribution in [0.3, 0.4) is 0 Å². The maximum Gasteiger partial charge on any atom is 0.314 e. The molecule has 0 amide bonds. The van der Waals surface area contributed by atoms with Gasteiger partial charge in [0.1, 0.15) is 0 Å². The van der Waals surface area contributed by atoms with E-state index in [1.165, 1.54) is 0 Å². The summed E-state index contributed by atoms with van der Waals surface area (Å²) in [5, 5.41) is 14.8. The molecule has 0 aliphatic rings. The molecule has 0 spiro atoms. The van der Waals surface area contributed by atoms with Gasteiger partial charge in [-0.2, -0.15) is 5.10 Å². The largest absolute Gasteiger partial charge is 0.481 e. The molecule has 0 aliphatic heterocycles. The topological polar surface area (TPSA) is 67.5 Å². The van der Waals surface area contributed by atoms with Gasteiger partial charge >= 0.3 is 5.97 Å². The minimum absolute atomic E-state index is 0.492. The summed E-state index contributed by atoms with van der Waals surface area (Å²) in [6.07, 6.45) is 3.52. The Morgan fingerprint density at radius 1 is 1.22 bits per heavy atom. The summed E-state index contributed by atoms with van der Waals surface area (Å²) in [5.74, 6) is -0.810. The van der Waals surface area contributed by atoms with Crippen LogP contribution < -0.4 is 0 Å². The molecule has 1 N–H and O–H groups in total. The van der Waals surface area contributed by atoms with Gasteiger partial charge in [-0.15, -0.1) is 0 Å². The normalized spacial score (nSPS) is 13.7.